The smallest absolute Gasteiger partial charge is 0.365 e. The number of esters is 1. The van der Waals surface area contributed by atoms with E-state index in [4.69, 9.17) is 25.9 Å². The van der Waals surface area contributed by atoms with Crippen LogP contribution in [0, 0.1) is 35.2 Å². The van der Waals surface area contributed by atoms with Gasteiger partial charge < -0.3 is 14.3 Å². The predicted octanol–water partition coefficient (Wildman–Crippen LogP) is 7.86. The Bertz CT molecular complexity index is 1630. The number of carbonyl (C=O) groups excluding carboxylic acids is 2. The SMILES string of the molecule is [C-]#[N+]c1c(C(=O)OC2C(C(C)(C)C)CC(C)CC2C(C)(C)C)c2nc(-c3ccc(C(C)(C)C)cc3)[nH]n2c1C(=O)ON1CCOCC1. The predicted molar refractivity (Wildman–Crippen MR) is 181 cm³/mol. The topological polar surface area (TPSA) is 103 Å². The highest BCUT2D eigenvalue weighted by molar-refractivity contribution is 6.09. The van der Waals surface area contributed by atoms with Crippen LogP contribution < -0.4 is 0 Å². The van der Waals surface area contributed by atoms with Gasteiger partial charge in [0.2, 0.25) is 5.69 Å². The molecule has 1 aliphatic carbocycles. The number of carbonyl (C=O) groups is 2. The van der Waals surface area contributed by atoms with Gasteiger partial charge in [0.1, 0.15) is 11.7 Å². The molecule has 1 N–H and O–H groups in total. The second kappa shape index (κ2) is 12.7. The summed E-state index contributed by atoms with van der Waals surface area (Å²) in [6.07, 6.45) is 1.49. The summed E-state index contributed by atoms with van der Waals surface area (Å²) in [6, 6.07) is 8.01. The third-order valence-electron chi connectivity index (χ3n) is 9.84. The molecule has 1 aliphatic heterocycles. The minimum absolute atomic E-state index is 0.0262. The monoisotopic (exact) mass is 645 g/mol. The van der Waals surface area contributed by atoms with E-state index in [-0.39, 0.29) is 56.8 Å². The van der Waals surface area contributed by atoms with E-state index in [2.05, 4.69) is 79.2 Å². The Morgan fingerprint density at radius 1 is 0.936 bits per heavy atom. The van der Waals surface area contributed by atoms with Crippen LogP contribution >= 0.6 is 0 Å². The highest BCUT2D eigenvalue weighted by atomic mass is 16.7. The van der Waals surface area contributed by atoms with Crippen molar-refractivity contribution in [3.63, 3.8) is 0 Å². The zero-order valence-corrected chi connectivity index (χ0v) is 29.7. The van der Waals surface area contributed by atoms with Crippen LogP contribution in [0.3, 0.4) is 0 Å². The number of morpholine rings is 1. The van der Waals surface area contributed by atoms with Gasteiger partial charge >= 0.3 is 11.9 Å². The van der Waals surface area contributed by atoms with Crippen molar-refractivity contribution >= 4 is 23.3 Å². The molecule has 2 atom stereocenters. The number of nitrogens with one attached hydrogen (secondary N) is 1. The third kappa shape index (κ3) is 7.12. The molecule has 0 radical (unpaired) electrons. The molecule has 5 rings (SSSR count). The van der Waals surface area contributed by atoms with Crippen LogP contribution in [0.1, 0.15) is 108 Å². The van der Waals surface area contributed by atoms with Crippen LogP contribution in [0.5, 0.6) is 0 Å². The Morgan fingerprint density at radius 2 is 1.51 bits per heavy atom. The lowest BCUT2D eigenvalue weighted by Gasteiger charge is -2.50. The molecule has 254 valence electrons. The summed E-state index contributed by atoms with van der Waals surface area (Å²) >= 11 is 0. The van der Waals surface area contributed by atoms with E-state index in [0.29, 0.717) is 38.0 Å². The minimum atomic E-state index is -0.753. The van der Waals surface area contributed by atoms with E-state index in [0.717, 1.165) is 24.0 Å². The lowest BCUT2D eigenvalue weighted by molar-refractivity contribution is -0.151. The van der Waals surface area contributed by atoms with Crippen molar-refractivity contribution in [2.24, 2.45) is 28.6 Å². The first-order valence-electron chi connectivity index (χ1n) is 16.8. The normalized spacial score (nSPS) is 23.0. The van der Waals surface area contributed by atoms with Crippen molar-refractivity contribution in [3.05, 3.63) is 52.5 Å². The summed E-state index contributed by atoms with van der Waals surface area (Å²) in [4.78, 5) is 42.5. The van der Waals surface area contributed by atoms with Crippen LogP contribution in [0.2, 0.25) is 0 Å². The van der Waals surface area contributed by atoms with Crippen molar-refractivity contribution < 1.29 is 23.9 Å². The van der Waals surface area contributed by atoms with Gasteiger partial charge in [-0.2, -0.15) is 0 Å². The molecule has 0 amide bonds. The van der Waals surface area contributed by atoms with Crippen LogP contribution in [-0.4, -0.2) is 64.0 Å². The number of H-pyrrole nitrogens is 1. The van der Waals surface area contributed by atoms with Crippen LogP contribution in [0.4, 0.5) is 5.69 Å². The largest absolute Gasteiger partial charge is 0.459 e. The van der Waals surface area contributed by atoms with Crippen molar-refractivity contribution in [2.45, 2.75) is 93.6 Å². The first kappa shape index (κ1) is 34.6. The second-order valence-electron chi connectivity index (χ2n) is 16.6. The van der Waals surface area contributed by atoms with Gasteiger partial charge in [-0.25, -0.2) is 23.9 Å². The number of hydrogen-bond acceptors (Lipinski definition) is 7. The number of rotatable bonds is 5. The van der Waals surface area contributed by atoms with Gasteiger partial charge in [0, 0.05) is 17.4 Å². The summed E-state index contributed by atoms with van der Waals surface area (Å²) in [5.41, 5.74) is 1.59. The van der Waals surface area contributed by atoms with E-state index in [1.54, 1.807) is 0 Å². The van der Waals surface area contributed by atoms with Gasteiger partial charge in [-0.3, -0.25) is 5.10 Å². The molecule has 0 bridgehead atoms. The minimum Gasteiger partial charge on any atom is -0.459 e. The molecule has 1 saturated heterocycles. The Labute approximate surface area is 278 Å². The van der Waals surface area contributed by atoms with E-state index >= 15 is 0 Å². The van der Waals surface area contributed by atoms with E-state index in [9.17, 15) is 9.59 Å². The van der Waals surface area contributed by atoms with Crippen LogP contribution in [0.15, 0.2) is 24.3 Å². The zero-order valence-electron chi connectivity index (χ0n) is 29.7. The molecule has 2 unspecified atom stereocenters. The number of aromatic nitrogens is 3. The summed E-state index contributed by atoms with van der Waals surface area (Å²) in [5.74, 6) is -0.247. The van der Waals surface area contributed by atoms with Gasteiger partial charge in [0.25, 0.3) is 0 Å². The van der Waals surface area contributed by atoms with Crippen LogP contribution in [-0.2, 0) is 19.7 Å². The first-order valence-corrected chi connectivity index (χ1v) is 16.8. The van der Waals surface area contributed by atoms with E-state index in [1.807, 2.05) is 24.3 Å². The molecule has 10 heteroatoms. The van der Waals surface area contributed by atoms with Gasteiger partial charge in [-0.1, -0.05) is 93.5 Å². The molecule has 2 fully saturated rings. The molecule has 1 aromatic carbocycles. The number of benzene rings is 1. The lowest BCUT2D eigenvalue weighted by atomic mass is 9.59. The number of nitrogens with zero attached hydrogens (tertiary/aromatic N) is 4. The number of hydrogen-bond donors (Lipinski definition) is 1. The maximum atomic E-state index is 14.4. The number of ether oxygens (including phenoxy) is 2. The zero-order chi connectivity index (χ0) is 34.5. The summed E-state index contributed by atoms with van der Waals surface area (Å²) in [6.45, 7) is 31.7. The molecular weight excluding hydrogens is 594 g/mol. The van der Waals surface area contributed by atoms with E-state index < -0.39 is 11.9 Å². The fourth-order valence-corrected chi connectivity index (χ4v) is 7.09. The molecule has 1 saturated carbocycles. The van der Waals surface area contributed by atoms with Crippen molar-refractivity contribution in [1.29, 1.82) is 0 Å². The fourth-order valence-electron chi connectivity index (χ4n) is 7.09. The summed E-state index contributed by atoms with van der Waals surface area (Å²) < 4.78 is 13.3. The Balaban J connectivity index is 1.62. The highest BCUT2D eigenvalue weighted by Gasteiger charge is 2.48. The second-order valence-corrected chi connectivity index (χ2v) is 16.6. The molecule has 3 heterocycles. The average Bonchev–Trinajstić information content (AvgIpc) is 3.53. The standard InChI is InChI=1S/C37H51N5O5/c1-22-20-25(36(5,6)7)30(26(21-22)37(8,9)10)46-33(43)27-28(38-11)29(34(44)47-41-16-18-45-19-17-41)42-32(27)39-31(40-42)23-12-14-24(15-13-23)35(2,3)4/h12-15,22,25-26,30H,16-21H2,1-10H3,(H,39,40). The molecule has 2 aliphatic rings. The fraction of sp³-hybridized carbons (Fsp3) is 0.622. The Hall–Kier alpha value is -3.68. The van der Waals surface area contributed by atoms with Crippen LogP contribution in [0.25, 0.3) is 21.9 Å². The maximum Gasteiger partial charge on any atom is 0.365 e. The highest BCUT2D eigenvalue weighted by Crippen LogP contribution is 2.50. The Morgan fingerprint density at radius 3 is 2.02 bits per heavy atom. The average molecular weight is 646 g/mol. The molecule has 3 aromatic rings. The van der Waals surface area contributed by atoms with Gasteiger partial charge in [0.15, 0.2) is 17.2 Å². The van der Waals surface area contributed by atoms with E-state index in [1.165, 1.54) is 9.58 Å². The van der Waals surface area contributed by atoms with Crippen molar-refractivity contribution in [2.75, 3.05) is 26.3 Å². The first-order chi connectivity index (χ1) is 21.9. The van der Waals surface area contributed by atoms with Crippen molar-refractivity contribution in [3.8, 4) is 11.4 Å². The number of aromatic amines is 1. The number of hydroxylamine groups is 2. The van der Waals surface area contributed by atoms with Crippen molar-refractivity contribution in [1.82, 2.24) is 19.7 Å². The van der Waals surface area contributed by atoms with Gasteiger partial charge in [0.05, 0.1) is 32.9 Å². The quantitative estimate of drug-likeness (QED) is 0.223. The molecule has 47 heavy (non-hydrogen) atoms. The summed E-state index contributed by atoms with van der Waals surface area (Å²) in [7, 11) is 0. The number of fused-ring (bicyclic) bond motifs is 1. The lowest BCUT2D eigenvalue weighted by Crippen LogP contribution is -2.49. The third-order valence-corrected chi connectivity index (χ3v) is 9.84. The summed E-state index contributed by atoms with van der Waals surface area (Å²) in [5, 5.41) is 4.71. The molecular formula is C37H51N5O5. The molecule has 0 spiro atoms. The maximum absolute atomic E-state index is 14.4. The van der Waals surface area contributed by atoms with Gasteiger partial charge in [-0.05, 0) is 40.6 Å². The van der Waals surface area contributed by atoms with Gasteiger partial charge in [-0.15, -0.1) is 5.06 Å². The molecule has 2 aromatic heterocycles. The Kier molecular flexibility index (Phi) is 9.39. The molecule has 10 nitrogen and oxygen atoms in total.